The molecule has 0 aromatic heterocycles. The molecule has 1 amide bonds. The molecule has 2 aromatic carbocycles. The molecule has 162 valence electrons. The third kappa shape index (κ3) is 5.86. The number of nitrogens with zero attached hydrogens (tertiary/aromatic N) is 1. The quantitative estimate of drug-likeness (QED) is 0.442. The fraction of sp³-hybridized carbons (Fsp3) is 0.261. The van der Waals surface area contributed by atoms with E-state index in [9.17, 15) is 9.59 Å². The highest BCUT2D eigenvalue weighted by Crippen LogP contribution is 2.33. The molecule has 31 heavy (non-hydrogen) atoms. The Labute approximate surface area is 190 Å². The molecule has 1 N–H and O–H groups in total. The van der Waals surface area contributed by atoms with Gasteiger partial charge in [0, 0.05) is 6.54 Å². The zero-order chi connectivity index (χ0) is 22.4. The van der Waals surface area contributed by atoms with Gasteiger partial charge in [-0.15, -0.1) is 0 Å². The molecule has 1 atom stereocenters. The van der Waals surface area contributed by atoms with Gasteiger partial charge in [0.15, 0.2) is 6.10 Å². The minimum Gasteiger partial charge on any atom is -0.497 e. The molecule has 3 rings (SSSR count). The van der Waals surface area contributed by atoms with Crippen LogP contribution in [0.4, 0.5) is 0 Å². The molecule has 0 spiro atoms. The van der Waals surface area contributed by atoms with Crippen LogP contribution in [-0.4, -0.2) is 46.0 Å². The summed E-state index contributed by atoms with van der Waals surface area (Å²) in [5, 5.41) is 9.10. The number of methoxy groups -OCH3 is 1. The van der Waals surface area contributed by atoms with Gasteiger partial charge in [0.2, 0.25) is 0 Å². The van der Waals surface area contributed by atoms with Gasteiger partial charge < -0.3 is 14.6 Å². The number of thiocarbonyl (C=S) groups is 1. The lowest BCUT2D eigenvalue weighted by Crippen LogP contribution is -2.30. The standard InChI is InChI=1S/C23H23NO5S2/c1-3-19(22(26)27)29-18-10-6-16(7-11-18)14-20-21(25)24(23(30)31-20)13-12-15-4-8-17(28-2)9-5-15/h4-11,14,19H,3,12-13H2,1-2H3,(H,26,27)/b20-14+. The minimum atomic E-state index is -0.995. The average molecular weight is 458 g/mol. The Bertz CT molecular complexity index is 986. The van der Waals surface area contributed by atoms with E-state index in [1.165, 1.54) is 11.8 Å². The van der Waals surface area contributed by atoms with Gasteiger partial charge in [-0.05, 0) is 54.3 Å². The number of ether oxygens (including phenoxy) is 2. The Morgan fingerprint density at radius 3 is 2.39 bits per heavy atom. The number of carboxylic acid groups (broad SMARTS) is 1. The summed E-state index contributed by atoms with van der Waals surface area (Å²) < 4.78 is 11.2. The van der Waals surface area contributed by atoms with Crippen molar-refractivity contribution in [2.45, 2.75) is 25.9 Å². The van der Waals surface area contributed by atoms with E-state index in [4.69, 9.17) is 26.8 Å². The number of aliphatic carboxylic acids is 1. The predicted molar refractivity (Wildman–Crippen MR) is 125 cm³/mol. The lowest BCUT2D eigenvalue weighted by atomic mass is 10.1. The molecule has 0 saturated carbocycles. The SMILES string of the molecule is CCC(Oc1ccc(/C=C2/SC(=S)N(CCc3ccc(OC)cc3)C2=O)cc1)C(=O)O. The van der Waals surface area contributed by atoms with Crippen LogP contribution in [0.2, 0.25) is 0 Å². The molecule has 1 unspecified atom stereocenters. The summed E-state index contributed by atoms with van der Waals surface area (Å²) in [6.07, 6.45) is 1.96. The molecule has 2 aromatic rings. The average Bonchev–Trinajstić information content (AvgIpc) is 3.04. The normalized spacial score (nSPS) is 15.9. The maximum atomic E-state index is 12.8. The molecule has 1 aliphatic heterocycles. The molecule has 1 heterocycles. The monoisotopic (exact) mass is 457 g/mol. The van der Waals surface area contributed by atoms with Crippen LogP contribution in [0.5, 0.6) is 11.5 Å². The number of thioether (sulfide) groups is 1. The molecule has 0 aliphatic carbocycles. The number of benzene rings is 2. The topological polar surface area (TPSA) is 76.1 Å². The van der Waals surface area contributed by atoms with E-state index in [1.807, 2.05) is 24.3 Å². The van der Waals surface area contributed by atoms with Crippen molar-refractivity contribution >= 4 is 46.3 Å². The first-order valence-electron chi connectivity index (χ1n) is 9.79. The molecule has 8 heteroatoms. The Balaban J connectivity index is 1.63. The van der Waals surface area contributed by atoms with Crippen molar-refractivity contribution < 1.29 is 24.2 Å². The Morgan fingerprint density at radius 1 is 1.16 bits per heavy atom. The third-order valence-electron chi connectivity index (χ3n) is 4.76. The lowest BCUT2D eigenvalue weighted by molar-refractivity contribution is -0.145. The van der Waals surface area contributed by atoms with E-state index in [-0.39, 0.29) is 5.91 Å². The maximum absolute atomic E-state index is 12.8. The van der Waals surface area contributed by atoms with Crippen molar-refractivity contribution in [1.82, 2.24) is 4.90 Å². The van der Waals surface area contributed by atoms with E-state index in [0.29, 0.717) is 34.4 Å². The summed E-state index contributed by atoms with van der Waals surface area (Å²) in [6.45, 7) is 2.26. The largest absolute Gasteiger partial charge is 0.497 e. The maximum Gasteiger partial charge on any atom is 0.344 e. The molecular formula is C23H23NO5S2. The van der Waals surface area contributed by atoms with Crippen molar-refractivity contribution in [2.75, 3.05) is 13.7 Å². The molecule has 1 aliphatic rings. The summed E-state index contributed by atoms with van der Waals surface area (Å²) in [7, 11) is 1.62. The van der Waals surface area contributed by atoms with Crippen LogP contribution in [0.1, 0.15) is 24.5 Å². The van der Waals surface area contributed by atoms with Crippen molar-refractivity contribution in [2.24, 2.45) is 0 Å². The van der Waals surface area contributed by atoms with Gasteiger partial charge >= 0.3 is 5.97 Å². The number of carboxylic acids is 1. The second-order valence-electron chi connectivity index (χ2n) is 6.85. The highest BCUT2D eigenvalue weighted by atomic mass is 32.2. The lowest BCUT2D eigenvalue weighted by Gasteiger charge is -2.14. The molecule has 0 bridgehead atoms. The molecular weight excluding hydrogens is 434 g/mol. The first kappa shape index (κ1) is 22.8. The second-order valence-corrected chi connectivity index (χ2v) is 8.53. The van der Waals surface area contributed by atoms with Crippen molar-refractivity contribution in [3.05, 3.63) is 64.6 Å². The summed E-state index contributed by atoms with van der Waals surface area (Å²) in [5.41, 5.74) is 1.91. The van der Waals surface area contributed by atoms with E-state index in [2.05, 4.69) is 0 Å². The molecule has 1 saturated heterocycles. The fourth-order valence-corrected chi connectivity index (χ4v) is 4.30. The van der Waals surface area contributed by atoms with Crippen molar-refractivity contribution in [3.63, 3.8) is 0 Å². The number of hydrogen-bond donors (Lipinski definition) is 1. The van der Waals surface area contributed by atoms with Crippen LogP contribution < -0.4 is 9.47 Å². The van der Waals surface area contributed by atoms with Gasteiger partial charge in [-0.3, -0.25) is 9.69 Å². The zero-order valence-electron chi connectivity index (χ0n) is 17.2. The smallest absolute Gasteiger partial charge is 0.344 e. The number of rotatable bonds is 9. The van der Waals surface area contributed by atoms with Gasteiger partial charge in [0.05, 0.1) is 12.0 Å². The highest BCUT2D eigenvalue weighted by molar-refractivity contribution is 8.26. The van der Waals surface area contributed by atoms with Crippen LogP contribution in [0.25, 0.3) is 6.08 Å². The minimum absolute atomic E-state index is 0.110. The summed E-state index contributed by atoms with van der Waals surface area (Å²) in [5.74, 6) is 0.158. The number of carbonyl (C=O) groups excluding carboxylic acids is 1. The fourth-order valence-electron chi connectivity index (χ4n) is 2.99. The predicted octanol–water partition coefficient (Wildman–Crippen LogP) is 4.38. The second kappa shape index (κ2) is 10.5. The van der Waals surface area contributed by atoms with Crippen LogP contribution >= 0.6 is 24.0 Å². The van der Waals surface area contributed by atoms with Crippen LogP contribution in [0.3, 0.4) is 0 Å². The van der Waals surface area contributed by atoms with Gasteiger partial charge in [-0.1, -0.05) is 55.2 Å². The van der Waals surface area contributed by atoms with Gasteiger partial charge in [0.25, 0.3) is 5.91 Å². The van der Waals surface area contributed by atoms with Crippen LogP contribution in [0.15, 0.2) is 53.4 Å². The van der Waals surface area contributed by atoms with Crippen LogP contribution in [0, 0.1) is 0 Å². The van der Waals surface area contributed by atoms with E-state index in [1.54, 1.807) is 49.3 Å². The van der Waals surface area contributed by atoms with E-state index < -0.39 is 12.1 Å². The Morgan fingerprint density at radius 2 is 1.81 bits per heavy atom. The number of hydrogen-bond acceptors (Lipinski definition) is 6. The van der Waals surface area contributed by atoms with E-state index >= 15 is 0 Å². The third-order valence-corrected chi connectivity index (χ3v) is 6.14. The van der Waals surface area contributed by atoms with E-state index in [0.717, 1.165) is 16.9 Å². The van der Waals surface area contributed by atoms with Crippen LogP contribution in [-0.2, 0) is 16.0 Å². The van der Waals surface area contributed by atoms with Gasteiger partial charge in [-0.2, -0.15) is 0 Å². The Hall–Kier alpha value is -2.84. The number of amides is 1. The number of carbonyl (C=O) groups is 2. The first-order chi connectivity index (χ1) is 14.9. The van der Waals surface area contributed by atoms with Gasteiger partial charge in [0.1, 0.15) is 15.8 Å². The zero-order valence-corrected chi connectivity index (χ0v) is 18.9. The Kier molecular flexibility index (Phi) is 7.70. The summed E-state index contributed by atoms with van der Waals surface area (Å²) in [6, 6.07) is 14.7. The van der Waals surface area contributed by atoms with Gasteiger partial charge in [-0.25, -0.2) is 4.79 Å². The molecule has 0 radical (unpaired) electrons. The van der Waals surface area contributed by atoms with Crippen molar-refractivity contribution in [1.29, 1.82) is 0 Å². The molecule has 1 fully saturated rings. The van der Waals surface area contributed by atoms with Crippen molar-refractivity contribution in [3.8, 4) is 11.5 Å². The summed E-state index contributed by atoms with van der Waals surface area (Å²) in [4.78, 5) is 26.1. The molecule has 6 nitrogen and oxygen atoms in total. The summed E-state index contributed by atoms with van der Waals surface area (Å²) >= 11 is 6.68. The highest BCUT2D eigenvalue weighted by Gasteiger charge is 2.31. The first-order valence-corrected chi connectivity index (χ1v) is 11.0.